The fourth-order valence-corrected chi connectivity index (χ4v) is 1.93. The van der Waals surface area contributed by atoms with Crippen LogP contribution in [0.1, 0.15) is 19.4 Å². The topological polar surface area (TPSA) is 55.4 Å². The Morgan fingerprint density at radius 3 is 2.59 bits per heavy atom. The molecule has 1 aromatic rings. The van der Waals surface area contributed by atoms with Crippen LogP contribution in [0.15, 0.2) is 18.2 Å². The van der Waals surface area contributed by atoms with E-state index in [0.29, 0.717) is 23.4 Å². The first-order valence-electron chi connectivity index (χ1n) is 5.19. The van der Waals surface area contributed by atoms with Crippen LogP contribution in [0.2, 0.25) is 5.02 Å². The van der Waals surface area contributed by atoms with Crippen molar-refractivity contribution < 1.29 is 12.6 Å². The second kappa shape index (κ2) is 5.71. The summed E-state index contributed by atoms with van der Waals surface area (Å²) in [5, 5.41) is 3.73. The third kappa shape index (κ3) is 5.39. The summed E-state index contributed by atoms with van der Waals surface area (Å²) in [5.41, 5.74) is 0.719. The van der Waals surface area contributed by atoms with Crippen LogP contribution in [0, 0.1) is 0 Å². The number of hydrogen-bond donors (Lipinski definition) is 1. The van der Waals surface area contributed by atoms with E-state index in [0.717, 1.165) is 11.8 Å². The lowest BCUT2D eigenvalue weighted by Crippen LogP contribution is -2.22. The van der Waals surface area contributed by atoms with Gasteiger partial charge in [-0.25, -0.2) is 0 Å². The minimum atomic E-state index is -3.52. The van der Waals surface area contributed by atoms with E-state index in [4.69, 9.17) is 15.8 Å². The number of benzene rings is 1. The predicted molar refractivity (Wildman–Crippen MR) is 68.9 cm³/mol. The minimum absolute atomic E-state index is 0.292. The maximum atomic E-state index is 11.1. The lowest BCUT2D eigenvalue weighted by atomic mass is 10.2. The highest BCUT2D eigenvalue weighted by Crippen LogP contribution is 2.24. The zero-order valence-electron chi connectivity index (χ0n) is 10.0. The predicted octanol–water partition coefficient (Wildman–Crippen LogP) is 2.18. The Morgan fingerprint density at radius 2 is 2.06 bits per heavy atom. The SMILES string of the molecule is CC(C)NCc1cc(Cl)ccc1OS(C)(=O)=O. The molecule has 1 aromatic carbocycles. The molecule has 0 heterocycles. The summed E-state index contributed by atoms with van der Waals surface area (Å²) in [6.07, 6.45) is 1.02. The highest BCUT2D eigenvalue weighted by atomic mass is 35.5. The van der Waals surface area contributed by atoms with Crippen LogP contribution in [0.25, 0.3) is 0 Å². The van der Waals surface area contributed by atoms with E-state index in [2.05, 4.69) is 5.32 Å². The average molecular weight is 278 g/mol. The monoisotopic (exact) mass is 277 g/mol. The van der Waals surface area contributed by atoms with Gasteiger partial charge in [-0.1, -0.05) is 25.4 Å². The molecule has 1 N–H and O–H groups in total. The molecule has 0 aliphatic rings. The van der Waals surface area contributed by atoms with E-state index < -0.39 is 10.1 Å². The molecule has 0 atom stereocenters. The van der Waals surface area contributed by atoms with Crippen molar-refractivity contribution in [2.24, 2.45) is 0 Å². The Hall–Kier alpha value is -0.780. The Labute approximate surface area is 107 Å². The van der Waals surface area contributed by atoms with E-state index in [1.165, 1.54) is 0 Å². The number of nitrogens with one attached hydrogen (secondary N) is 1. The molecule has 0 saturated heterocycles. The Balaban J connectivity index is 2.95. The lowest BCUT2D eigenvalue weighted by molar-refractivity contribution is 0.485. The van der Waals surface area contributed by atoms with Crippen molar-refractivity contribution in [2.45, 2.75) is 26.4 Å². The first-order valence-corrected chi connectivity index (χ1v) is 7.38. The van der Waals surface area contributed by atoms with E-state index >= 15 is 0 Å². The quantitative estimate of drug-likeness (QED) is 0.838. The van der Waals surface area contributed by atoms with E-state index in [9.17, 15) is 8.42 Å². The van der Waals surface area contributed by atoms with Gasteiger partial charge in [0.2, 0.25) is 0 Å². The molecule has 0 bridgehead atoms. The summed E-state index contributed by atoms with van der Waals surface area (Å²) in [4.78, 5) is 0. The van der Waals surface area contributed by atoms with Crippen molar-refractivity contribution >= 4 is 21.7 Å². The van der Waals surface area contributed by atoms with Gasteiger partial charge in [0, 0.05) is 23.2 Å². The van der Waals surface area contributed by atoms with E-state index in [1.807, 2.05) is 13.8 Å². The van der Waals surface area contributed by atoms with Gasteiger partial charge in [-0.15, -0.1) is 0 Å². The van der Waals surface area contributed by atoms with Crippen molar-refractivity contribution in [3.63, 3.8) is 0 Å². The summed E-state index contributed by atoms with van der Waals surface area (Å²) in [6, 6.07) is 5.14. The first kappa shape index (κ1) is 14.3. The Bertz CT molecular complexity index is 485. The number of hydrogen-bond acceptors (Lipinski definition) is 4. The minimum Gasteiger partial charge on any atom is -0.382 e. The van der Waals surface area contributed by atoms with Gasteiger partial charge in [-0.05, 0) is 18.2 Å². The molecule has 0 spiro atoms. The van der Waals surface area contributed by atoms with E-state index in [-0.39, 0.29) is 0 Å². The molecule has 0 saturated carbocycles. The van der Waals surface area contributed by atoms with Crippen LogP contribution in [-0.2, 0) is 16.7 Å². The maximum absolute atomic E-state index is 11.1. The third-order valence-corrected chi connectivity index (χ3v) is 2.68. The average Bonchev–Trinajstić information content (AvgIpc) is 2.16. The molecular weight excluding hydrogens is 262 g/mol. The summed E-state index contributed by atoms with van der Waals surface area (Å²) in [7, 11) is -3.52. The van der Waals surface area contributed by atoms with Gasteiger partial charge in [-0.2, -0.15) is 8.42 Å². The van der Waals surface area contributed by atoms with Crippen molar-refractivity contribution in [2.75, 3.05) is 6.26 Å². The van der Waals surface area contributed by atoms with Crippen molar-refractivity contribution in [1.82, 2.24) is 5.32 Å². The molecule has 0 amide bonds. The van der Waals surface area contributed by atoms with Crippen LogP contribution >= 0.6 is 11.6 Å². The molecule has 0 aromatic heterocycles. The molecule has 4 nitrogen and oxygen atoms in total. The number of halogens is 1. The molecule has 6 heteroatoms. The zero-order chi connectivity index (χ0) is 13.1. The van der Waals surface area contributed by atoms with Crippen LogP contribution in [-0.4, -0.2) is 20.7 Å². The fourth-order valence-electron chi connectivity index (χ4n) is 1.24. The lowest BCUT2D eigenvalue weighted by Gasteiger charge is -2.12. The third-order valence-electron chi connectivity index (χ3n) is 1.96. The molecule has 0 radical (unpaired) electrons. The smallest absolute Gasteiger partial charge is 0.306 e. The van der Waals surface area contributed by atoms with Crippen LogP contribution in [0.3, 0.4) is 0 Å². The Kier molecular flexibility index (Phi) is 4.80. The zero-order valence-corrected chi connectivity index (χ0v) is 11.6. The molecule has 0 aliphatic heterocycles. The fraction of sp³-hybridized carbons (Fsp3) is 0.455. The van der Waals surface area contributed by atoms with Gasteiger partial charge in [-0.3, -0.25) is 0 Å². The van der Waals surface area contributed by atoms with Crippen LogP contribution < -0.4 is 9.50 Å². The summed E-state index contributed by atoms with van der Waals surface area (Å²) >= 11 is 5.87. The largest absolute Gasteiger partial charge is 0.382 e. The maximum Gasteiger partial charge on any atom is 0.306 e. The Morgan fingerprint density at radius 1 is 1.41 bits per heavy atom. The van der Waals surface area contributed by atoms with Crippen molar-refractivity contribution in [3.8, 4) is 5.75 Å². The molecule has 0 aliphatic carbocycles. The molecular formula is C11H16ClNO3S. The van der Waals surface area contributed by atoms with Crippen LogP contribution in [0.5, 0.6) is 5.75 Å². The summed E-state index contributed by atoms with van der Waals surface area (Å²) < 4.78 is 27.1. The van der Waals surface area contributed by atoms with Crippen LogP contribution in [0.4, 0.5) is 0 Å². The van der Waals surface area contributed by atoms with Gasteiger partial charge in [0.25, 0.3) is 0 Å². The second-order valence-electron chi connectivity index (χ2n) is 4.08. The molecule has 96 valence electrons. The van der Waals surface area contributed by atoms with Gasteiger partial charge < -0.3 is 9.50 Å². The first-order chi connectivity index (χ1) is 7.78. The van der Waals surface area contributed by atoms with Crippen molar-refractivity contribution in [1.29, 1.82) is 0 Å². The second-order valence-corrected chi connectivity index (χ2v) is 6.09. The molecule has 1 rings (SSSR count). The molecule has 17 heavy (non-hydrogen) atoms. The highest BCUT2D eigenvalue weighted by Gasteiger charge is 2.10. The summed E-state index contributed by atoms with van der Waals surface area (Å²) in [6.45, 7) is 4.51. The molecule has 0 fully saturated rings. The van der Waals surface area contributed by atoms with Crippen molar-refractivity contribution in [3.05, 3.63) is 28.8 Å². The van der Waals surface area contributed by atoms with Gasteiger partial charge in [0.1, 0.15) is 5.75 Å². The summed E-state index contributed by atoms with van der Waals surface area (Å²) in [5.74, 6) is 0.310. The highest BCUT2D eigenvalue weighted by molar-refractivity contribution is 7.86. The van der Waals surface area contributed by atoms with Gasteiger partial charge >= 0.3 is 10.1 Å². The van der Waals surface area contributed by atoms with Gasteiger partial charge in [0.05, 0.1) is 6.26 Å². The van der Waals surface area contributed by atoms with E-state index in [1.54, 1.807) is 18.2 Å². The van der Waals surface area contributed by atoms with Gasteiger partial charge in [0.15, 0.2) is 0 Å². The molecule has 0 unspecified atom stereocenters. The standard InChI is InChI=1S/C11H16ClNO3S/c1-8(2)13-7-9-6-10(12)4-5-11(9)16-17(3,14)15/h4-6,8,13H,7H2,1-3H3. The number of rotatable bonds is 5. The normalized spacial score (nSPS) is 11.8.